The highest BCUT2D eigenvalue weighted by Gasteiger charge is 2.21. The van der Waals surface area contributed by atoms with Crippen LogP contribution in [0.4, 0.5) is 9.59 Å². The number of hydrogen-bond acceptors (Lipinski definition) is 4. The number of para-hydroxylation sites is 1. The summed E-state index contributed by atoms with van der Waals surface area (Å²) in [4.78, 5) is 36.5. The van der Waals surface area contributed by atoms with Crippen molar-refractivity contribution in [3.05, 3.63) is 63.4 Å². The number of hydrogen-bond donors (Lipinski definition) is 2. The molecular weight excluding hydrogens is 374 g/mol. The van der Waals surface area contributed by atoms with Gasteiger partial charge in [-0.2, -0.15) is 4.68 Å². The van der Waals surface area contributed by atoms with Gasteiger partial charge in [0.05, 0.1) is 5.39 Å². The maximum atomic E-state index is 12.8. The van der Waals surface area contributed by atoms with Gasteiger partial charge in [-0.05, 0) is 41.7 Å². The van der Waals surface area contributed by atoms with Crippen molar-refractivity contribution in [1.29, 1.82) is 0 Å². The number of amides is 1. The number of ether oxygens (including phenoxy) is 1. The molecule has 8 heteroatoms. The van der Waals surface area contributed by atoms with Gasteiger partial charge in [-0.3, -0.25) is 9.48 Å². The summed E-state index contributed by atoms with van der Waals surface area (Å²) in [6.45, 7) is 6.41. The molecule has 0 spiro atoms. The van der Waals surface area contributed by atoms with Gasteiger partial charge < -0.3 is 15.2 Å². The van der Waals surface area contributed by atoms with E-state index in [9.17, 15) is 14.4 Å². The molecule has 2 N–H and O–H groups in total. The summed E-state index contributed by atoms with van der Waals surface area (Å²) < 4.78 is 6.99. The van der Waals surface area contributed by atoms with Crippen molar-refractivity contribution in [2.24, 2.45) is 7.05 Å². The molecule has 0 aliphatic carbocycles. The van der Waals surface area contributed by atoms with Crippen molar-refractivity contribution in [2.45, 2.75) is 33.2 Å². The maximum absolute atomic E-state index is 12.8. The maximum Gasteiger partial charge on any atom is 0.511 e. The molecule has 0 radical (unpaired) electrons. The summed E-state index contributed by atoms with van der Waals surface area (Å²) in [5.74, 6) is 0.278. The van der Waals surface area contributed by atoms with Gasteiger partial charge >= 0.3 is 12.2 Å². The Balaban J connectivity index is 1.97. The number of benzene rings is 2. The zero-order valence-electron chi connectivity index (χ0n) is 16.7. The molecule has 0 atom stereocenters. The third kappa shape index (κ3) is 3.73. The molecular formula is C21H23N3O5. The molecule has 0 fully saturated rings. The van der Waals surface area contributed by atoms with Crippen LogP contribution in [0, 0.1) is 6.92 Å². The predicted octanol–water partition coefficient (Wildman–Crippen LogP) is 3.59. The molecule has 29 heavy (non-hydrogen) atoms. The first-order valence-corrected chi connectivity index (χ1v) is 9.20. The zero-order valence-corrected chi connectivity index (χ0v) is 16.7. The van der Waals surface area contributed by atoms with E-state index in [-0.39, 0.29) is 29.1 Å². The zero-order chi connectivity index (χ0) is 21.3. The molecule has 1 amide bonds. The summed E-state index contributed by atoms with van der Waals surface area (Å²) in [5, 5.41) is 11.9. The average Bonchev–Trinajstić information content (AvgIpc) is 2.91. The fourth-order valence-corrected chi connectivity index (χ4v) is 3.53. The van der Waals surface area contributed by atoms with E-state index >= 15 is 0 Å². The van der Waals surface area contributed by atoms with Crippen LogP contribution in [0.3, 0.4) is 0 Å². The van der Waals surface area contributed by atoms with Gasteiger partial charge in [-0.25, -0.2) is 9.59 Å². The van der Waals surface area contributed by atoms with Gasteiger partial charge in [0.1, 0.15) is 5.52 Å². The lowest BCUT2D eigenvalue weighted by atomic mass is 9.94. The third-order valence-corrected chi connectivity index (χ3v) is 4.92. The van der Waals surface area contributed by atoms with E-state index in [2.05, 4.69) is 19.2 Å². The standard InChI is InChI=1S/C21H23N3O5/c1-12(2)14-8-5-7-13(3)16(14)11-22-20(26)24-19(25)15-9-6-10-17(29-21(27)28)18(15)23(24)4/h5-10,12H,11H2,1-4H3,(H,22,26)(H,27,28). The number of fused-ring (bicyclic) bond motifs is 1. The van der Waals surface area contributed by atoms with Crippen molar-refractivity contribution >= 4 is 23.1 Å². The number of carbonyl (C=O) groups is 2. The van der Waals surface area contributed by atoms with Crippen LogP contribution in [-0.2, 0) is 13.6 Å². The minimum atomic E-state index is -1.50. The number of nitrogens with zero attached hydrogens (tertiary/aromatic N) is 2. The minimum Gasteiger partial charge on any atom is -0.449 e. The Bertz CT molecular complexity index is 1160. The van der Waals surface area contributed by atoms with Crippen LogP contribution in [0.1, 0.15) is 36.5 Å². The molecule has 2 aromatic carbocycles. The lowest BCUT2D eigenvalue weighted by Crippen LogP contribution is -2.37. The third-order valence-electron chi connectivity index (χ3n) is 4.92. The van der Waals surface area contributed by atoms with Crippen molar-refractivity contribution in [3.63, 3.8) is 0 Å². The first-order chi connectivity index (χ1) is 13.7. The van der Waals surface area contributed by atoms with E-state index in [0.29, 0.717) is 0 Å². The van der Waals surface area contributed by atoms with Gasteiger partial charge in [-0.1, -0.05) is 38.1 Å². The monoisotopic (exact) mass is 397 g/mol. The quantitative estimate of drug-likeness (QED) is 0.517. The Morgan fingerprint density at radius 1 is 1.17 bits per heavy atom. The highest BCUT2D eigenvalue weighted by Crippen LogP contribution is 2.24. The fraction of sp³-hybridized carbons (Fsp3) is 0.286. The van der Waals surface area contributed by atoms with Gasteiger partial charge in [0.15, 0.2) is 5.75 Å². The van der Waals surface area contributed by atoms with E-state index in [1.54, 1.807) is 0 Å². The van der Waals surface area contributed by atoms with Crippen molar-refractivity contribution in [3.8, 4) is 5.75 Å². The highest BCUT2D eigenvalue weighted by atomic mass is 16.7. The Labute approximate surface area is 167 Å². The van der Waals surface area contributed by atoms with Crippen LogP contribution < -0.4 is 15.6 Å². The molecule has 0 saturated carbocycles. The van der Waals surface area contributed by atoms with E-state index in [4.69, 9.17) is 9.84 Å². The SMILES string of the molecule is Cc1cccc(C(C)C)c1CNC(=O)n1c(=O)c2cccc(OC(=O)O)c2n1C. The lowest BCUT2D eigenvalue weighted by Gasteiger charge is -2.16. The van der Waals surface area contributed by atoms with Crippen LogP contribution in [0.25, 0.3) is 10.9 Å². The van der Waals surface area contributed by atoms with Crippen molar-refractivity contribution in [1.82, 2.24) is 14.7 Å². The number of rotatable bonds is 4. The van der Waals surface area contributed by atoms with Crippen LogP contribution in [0.15, 0.2) is 41.2 Å². The second kappa shape index (κ2) is 7.83. The number of carboxylic acid groups (broad SMARTS) is 1. The highest BCUT2D eigenvalue weighted by molar-refractivity contribution is 5.89. The molecule has 152 valence electrons. The van der Waals surface area contributed by atoms with E-state index < -0.39 is 17.7 Å². The summed E-state index contributed by atoms with van der Waals surface area (Å²) in [6.07, 6.45) is -1.50. The molecule has 1 heterocycles. The number of carbonyl (C=O) groups excluding carboxylic acids is 1. The van der Waals surface area contributed by atoms with Crippen LogP contribution in [0.2, 0.25) is 0 Å². The van der Waals surface area contributed by atoms with Crippen LogP contribution >= 0.6 is 0 Å². The van der Waals surface area contributed by atoms with Gasteiger partial charge in [-0.15, -0.1) is 0 Å². The average molecular weight is 397 g/mol. The molecule has 3 aromatic rings. The molecule has 0 bridgehead atoms. The van der Waals surface area contributed by atoms with E-state index in [0.717, 1.165) is 21.4 Å². The normalized spacial score (nSPS) is 11.1. The van der Waals surface area contributed by atoms with Crippen LogP contribution in [-0.4, -0.2) is 26.7 Å². The summed E-state index contributed by atoms with van der Waals surface area (Å²) in [6, 6.07) is 9.84. The van der Waals surface area contributed by atoms with Gasteiger partial charge in [0.2, 0.25) is 0 Å². The predicted molar refractivity (Wildman–Crippen MR) is 109 cm³/mol. The number of aryl methyl sites for hydroxylation is 2. The molecule has 3 rings (SSSR count). The topological polar surface area (TPSA) is 103 Å². The molecule has 0 aliphatic heterocycles. The largest absolute Gasteiger partial charge is 0.511 e. The van der Waals surface area contributed by atoms with Gasteiger partial charge in [0.25, 0.3) is 5.56 Å². The molecule has 0 saturated heterocycles. The fourth-order valence-electron chi connectivity index (χ4n) is 3.53. The van der Waals surface area contributed by atoms with Crippen molar-refractivity contribution < 1.29 is 19.4 Å². The first-order valence-electron chi connectivity index (χ1n) is 9.20. The first kappa shape index (κ1) is 20.2. The number of nitrogens with one attached hydrogen (secondary N) is 1. The number of aromatic nitrogens is 2. The Kier molecular flexibility index (Phi) is 5.45. The van der Waals surface area contributed by atoms with Gasteiger partial charge in [0, 0.05) is 13.6 Å². The molecule has 0 unspecified atom stereocenters. The van der Waals surface area contributed by atoms with Crippen LogP contribution in [0.5, 0.6) is 5.75 Å². The molecule has 8 nitrogen and oxygen atoms in total. The molecule has 1 aromatic heterocycles. The Hall–Kier alpha value is -3.55. The van der Waals surface area contributed by atoms with Crippen molar-refractivity contribution in [2.75, 3.05) is 0 Å². The Morgan fingerprint density at radius 2 is 1.86 bits per heavy atom. The molecule has 0 aliphatic rings. The second-order valence-electron chi connectivity index (χ2n) is 7.12. The summed E-state index contributed by atoms with van der Waals surface area (Å²) >= 11 is 0. The van der Waals surface area contributed by atoms with E-state index in [1.807, 2.05) is 25.1 Å². The smallest absolute Gasteiger partial charge is 0.449 e. The second-order valence-corrected chi connectivity index (χ2v) is 7.12. The summed E-state index contributed by atoms with van der Waals surface area (Å²) in [7, 11) is 1.51. The van der Waals surface area contributed by atoms with E-state index in [1.165, 1.54) is 29.9 Å². The minimum absolute atomic E-state index is 0.0119. The summed E-state index contributed by atoms with van der Waals surface area (Å²) in [5.41, 5.74) is 2.88. The Morgan fingerprint density at radius 3 is 2.52 bits per heavy atom. The lowest BCUT2D eigenvalue weighted by molar-refractivity contribution is 0.145.